The predicted molar refractivity (Wildman–Crippen MR) is 94.7 cm³/mol. The molecular weight excluding hydrogens is 317 g/mol. The molecule has 0 unspecified atom stereocenters. The van der Waals surface area contributed by atoms with Crippen LogP contribution in [0.25, 0.3) is 21.9 Å². The minimum absolute atomic E-state index is 0.284. The summed E-state index contributed by atoms with van der Waals surface area (Å²) in [6.45, 7) is 0.626. The van der Waals surface area contributed by atoms with Gasteiger partial charge in [-0.3, -0.25) is 0 Å². The number of fused-ring (bicyclic) bond motifs is 2. The Labute approximate surface area is 143 Å². The second-order valence-corrected chi connectivity index (χ2v) is 5.71. The van der Waals surface area contributed by atoms with Gasteiger partial charge in [0.2, 0.25) is 0 Å². The summed E-state index contributed by atoms with van der Waals surface area (Å²) < 4.78 is 13.2. The monoisotopic (exact) mass is 331 g/mol. The number of rotatable bonds is 4. The number of halogens is 1. The van der Waals surface area contributed by atoms with Gasteiger partial charge in [-0.2, -0.15) is 5.26 Å². The number of imidazole rings is 1. The molecule has 0 spiro atoms. The van der Waals surface area contributed by atoms with Crippen LogP contribution in [0.5, 0.6) is 0 Å². The third kappa shape index (κ3) is 3.00. The smallest absolute Gasteiger partial charge is 0.143 e. The Morgan fingerprint density at radius 2 is 1.96 bits per heavy atom. The van der Waals surface area contributed by atoms with E-state index in [9.17, 15) is 4.39 Å². The van der Waals surface area contributed by atoms with Crippen molar-refractivity contribution in [2.45, 2.75) is 6.42 Å². The van der Waals surface area contributed by atoms with Crippen molar-refractivity contribution >= 4 is 27.6 Å². The number of nitrogens with zero attached hydrogens (tertiary/aromatic N) is 3. The van der Waals surface area contributed by atoms with E-state index in [1.165, 1.54) is 12.1 Å². The number of hydrogen-bond donors (Lipinski definition) is 2. The number of hydrogen-bond acceptors (Lipinski definition) is 4. The van der Waals surface area contributed by atoms with Gasteiger partial charge < -0.3 is 10.3 Å². The van der Waals surface area contributed by atoms with Crippen molar-refractivity contribution in [3.8, 4) is 6.07 Å². The number of nitriles is 1. The summed E-state index contributed by atoms with van der Waals surface area (Å²) in [5.41, 5.74) is 3.46. The lowest BCUT2D eigenvalue weighted by molar-refractivity contribution is 0.629. The average molecular weight is 331 g/mol. The molecule has 2 aromatic carbocycles. The molecular formula is C19H14FN5. The fourth-order valence-electron chi connectivity index (χ4n) is 2.85. The van der Waals surface area contributed by atoms with Crippen molar-refractivity contribution in [1.29, 1.82) is 5.26 Å². The summed E-state index contributed by atoms with van der Waals surface area (Å²) in [4.78, 5) is 11.9. The topological polar surface area (TPSA) is 77.4 Å². The minimum atomic E-state index is -0.284. The summed E-state index contributed by atoms with van der Waals surface area (Å²) in [5.74, 6) is 0.500. The second-order valence-electron chi connectivity index (χ2n) is 5.71. The van der Waals surface area contributed by atoms with E-state index >= 15 is 0 Å². The first-order chi connectivity index (χ1) is 12.2. The van der Waals surface area contributed by atoms with Gasteiger partial charge in [-0.25, -0.2) is 14.4 Å². The molecule has 2 heterocycles. The normalized spacial score (nSPS) is 10.9. The lowest BCUT2D eigenvalue weighted by Gasteiger charge is -2.09. The van der Waals surface area contributed by atoms with Crippen LogP contribution in [-0.2, 0) is 6.42 Å². The van der Waals surface area contributed by atoms with Crippen molar-refractivity contribution in [2.24, 2.45) is 0 Å². The number of aromatic nitrogens is 3. The fraction of sp³-hybridized carbons (Fsp3) is 0.105. The zero-order valence-electron chi connectivity index (χ0n) is 13.3. The van der Waals surface area contributed by atoms with Crippen LogP contribution in [0.1, 0.15) is 11.5 Å². The number of nitrogens with one attached hydrogen (secondary N) is 2. The first kappa shape index (κ1) is 15.1. The van der Waals surface area contributed by atoms with Crippen LogP contribution >= 0.6 is 0 Å². The van der Waals surface area contributed by atoms with Gasteiger partial charge in [0.15, 0.2) is 0 Å². The van der Waals surface area contributed by atoms with Crippen LogP contribution in [0.3, 0.4) is 0 Å². The van der Waals surface area contributed by atoms with Crippen molar-refractivity contribution in [3.63, 3.8) is 0 Å². The number of pyridine rings is 1. The second kappa shape index (κ2) is 6.21. The van der Waals surface area contributed by atoms with E-state index in [1.807, 2.05) is 24.3 Å². The van der Waals surface area contributed by atoms with Crippen LogP contribution in [0.2, 0.25) is 0 Å². The van der Waals surface area contributed by atoms with E-state index in [0.717, 1.165) is 27.9 Å². The molecule has 4 aromatic rings. The fourth-order valence-corrected chi connectivity index (χ4v) is 2.85. The summed E-state index contributed by atoms with van der Waals surface area (Å²) >= 11 is 0. The van der Waals surface area contributed by atoms with Crippen LogP contribution in [0, 0.1) is 17.1 Å². The molecule has 4 rings (SSSR count). The highest BCUT2D eigenvalue weighted by atomic mass is 19.1. The third-order valence-electron chi connectivity index (χ3n) is 4.00. The van der Waals surface area contributed by atoms with Gasteiger partial charge in [-0.1, -0.05) is 18.2 Å². The van der Waals surface area contributed by atoms with Crippen LogP contribution in [-0.4, -0.2) is 21.5 Å². The van der Waals surface area contributed by atoms with Crippen molar-refractivity contribution < 1.29 is 4.39 Å². The van der Waals surface area contributed by atoms with Crippen LogP contribution < -0.4 is 5.32 Å². The molecule has 2 aromatic heterocycles. The number of anilines is 1. The van der Waals surface area contributed by atoms with Gasteiger partial charge in [0, 0.05) is 24.0 Å². The van der Waals surface area contributed by atoms with E-state index in [-0.39, 0.29) is 5.82 Å². The SMILES string of the molecule is N#Cc1cc(NCCc2nc3ccc(F)cc3[nH]2)c2ccccc2n1. The van der Waals surface area contributed by atoms with E-state index in [0.29, 0.717) is 24.2 Å². The molecule has 2 N–H and O–H groups in total. The quantitative estimate of drug-likeness (QED) is 0.596. The van der Waals surface area contributed by atoms with Crippen molar-refractivity contribution in [1.82, 2.24) is 15.0 Å². The molecule has 5 nitrogen and oxygen atoms in total. The van der Waals surface area contributed by atoms with E-state index in [1.54, 1.807) is 12.1 Å². The van der Waals surface area contributed by atoms with Crippen LogP contribution in [0.15, 0.2) is 48.5 Å². The summed E-state index contributed by atoms with van der Waals surface area (Å²) in [6, 6.07) is 16.0. The number of para-hydroxylation sites is 1. The molecule has 0 aliphatic heterocycles. The first-order valence-electron chi connectivity index (χ1n) is 7.91. The first-order valence-corrected chi connectivity index (χ1v) is 7.91. The van der Waals surface area contributed by atoms with E-state index < -0.39 is 0 Å². The molecule has 0 radical (unpaired) electrons. The summed E-state index contributed by atoms with van der Waals surface area (Å²) in [5, 5.41) is 13.4. The van der Waals surface area contributed by atoms with E-state index in [2.05, 4.69) is 26.3 Å². The van der Waals surface area contributed by atoms with Gasteiger partial charge in [-0.15, -0.1) is 0 Å². The average Bonchev–Trinajstić information content (AvgIpc) is 3.03. The summed E-state index contributed by atoms with van der Waals surface area (Å²) in [6.07, 6.45) is 0.648. The Balaban J connectivity index is 1.54. The highest BCUT2D eigenvalue weighted by Crippen LogP contribution is 2.23. The molecule has 0 saturated heterocycles. The highest BCUT2D eigenvalue weighted by Gasteiger charge is 2.07. The molecule has 0 amide bonds. The molecule has 122 valence electrons. The Hall–Kier alpha value is -3.46. The Kier molecular flexibility index (Phi) is 3.75. The van der Waals surface area contributed by atoms with Crippen LogP contribution in [0.4, 0.5) is 10.1 Å². The number of aromatic amines is 1. The lowest BCUT2D eigenvalue weighted by Crippen LogP contribution is -2.07. The zero-order chi connectivity index (χ0) is 17.2. The van der Waals surface area contributed by atoms with Crippen molar-refractivity contribution in [2.75, 3.05) is 11.9 Å². The maximum atomic E-state index is 13.2. The Bertz CT molecular complexity index is 1110. The lowest BCUT2D eigenvalue weighted by atomic mass is 10.1. The molecule has 0 saturated carbocycles. The van der Waals surface area contributed by atoms with Gasteiger partial charge in [0.1, 0.15) is 23.4 Å². The standard InChI is InChI=1S/C19H14FN5/c20-12-5-6-16-18(9-12)25-19(24-16)7-8-22-17-10-13(11-21)23-15-4-2-1-3-14(15)17/h1-6,9-10H,7-8H2,(H,22,23)(H,24,25). The molecule has 0 fully saturated rings. The largest absolute Gasteiger partial charge is 0.384 e. The maximum Gasteiger partial charge on any atom is 0.143 e. The van der Waals surface area contributed by atoms with E-state index in [4.69, 9.17) is 5.26 Å². The molecule has 0 bridgehead atoms. The van der Waals surface area contributed by atoms with Gasteiger partial charge in [0.25, 0.3) is 0 Å². The predicted octanol–water partition coefficient (Wildman–Crippen LogP) is 3.78. The minimum Gasteiger partial charge on any atom is -0.384 e. The molecule has 0 aliphatic rings. The maximum absolute atomic E-state index is 13.2. The number of benzene rings is 2. The Morgan fingerprint density at radius 1 is 1.08 bits per heavy atom. The van der Waals surface area contributed by atoms with Gasteiger partial charge >= 0.3 is 0 Å². The third-order valence-corrected chi connectivity index (χ3v) is 4.00. The van der Waals surface area contributed by atoms with Gasteiger partial charge in [0.05, 0.1) is 16.6 Å². The van der Waals surface area contributed by atoms with Gasteiger partial charge in [-0.05, 0) is 30.3 Å². The molecule has 25 heavy (non-hydrogen) atoms. The summed E-state index contributed by atoms with van der Waals surface area (Å²) in [7, 11) is 0. The molecule has 0 atom stereocenters. The Morgan fingerprint density at radius 3 is 2.84 bits per heavy atom. The number of H-pyrrole nitrogens is 1. The molecule has 0 aliphatic carbocycles. The highest BCUT2D eigenvalue weighted by molar-refractivity contribution is 5.91. The zero-order valence-corrected chi connectivity index (χ0v) is 13.3. The van der Waals surface area contributed by atoms with Crippen molar-refractivity contribution in [3.05, 3.63) is 65.9 Å². The molecule has 6 heteroatoms.